The number of hydrogen-bond donors (Lipinski definition) is 0. The van der Waals surface area contributed by atoms with Crippen molar-refractivity contribution >= 4 is 28.3 Å². The summed E-state index contributed by atoms with van der Waals surface area (Å²) in [5, 5.41) is 6.56. The lowest BCUT2D eigenvalue weighted by Gasteiger charge is -2.34. The van der Waals surface area contributed by atoms with Gasteiger partial charge in [-0.25, -0.2) is 4.68 Å². The average molecular weight is 345 g/mol. The van der Waals surface area contributed by atoms with Gasteiger partial charge in [-0.05, 0) is 30.3 Å². The molecule has 0 aliphatic carbocycles. The van der Waals surface area contributed by atoms with Crippen LogP contribution in [0.3, 0.4) is 0 Å². The minimum Gasteiger partial charge on any atom is -0.375 e. The molecular formula is C17H17ClN4O2. The number of halogens is 1. The first-order valence-corrected chi connectivity index (χ1v) is 8.11. The van der Waals surface area contributed by atoms with E-state index in [0.29, 0.717) is 18.2 Å². The minimum absolute atomic E-state index is 0.149. The van der Waals surface area contributed by atoms with Crippen LogP contribution < -0.4 is 4.90 Å². The van der Waals surface area contributed by atoms with Gasteiger partial charge in [0.1, 0.15) is 0 Å². The summed E-state index contributed by atoms with van der Waals surface area (Å²) in [6.45, 7) is 1.91. The van der Waals surface area contributed by atoms with E-state index in [9.17, 15) is 0 Å². The number of ether oxygens (including phenoxy) is 2. The Morgan fingerprint density at radius 1 is 1.25 bits per heavy atom. The largest absolute Gasteiger partial charge is 0.375 e. The van der Waals surface area contributed by atoms with Gasteiger partial charge in [0, 0.05) is 30.3 Å². The maximum absolute atomic E-state index is 6.00. The van der Waals surface area contributed by atoms with Crippen LogP contribution in [0.25, 0.3) is 16.6 Å². The molecule has 0 spiro atoms. The van der Waals surface area contributed by atoms with Crippen molar-refractivity contribution in [2.45, 2.75) is 6.23 Å². The monoisotopic (exact) mass is 344 g/mol. The number of morpholine rings is 1. The maximum atomic E-state index is 6.00. The molecular weight excluding hydrogens is 328 g/mol. The van der Waals surface area contributed by atoms with Gasteiger partial charge in [-0.2, -0.15) is 0 Å². The average Bonchev–Trinajstić information content (AvgIpc) is 3.02. The molecule has 1 aromatic carbocycles. The van der Waals surface area contributed by atoms with Crippen LogP contribution >= 0.6 is 11.6 Å². The molecule has 3 aromatic rings. The highest BCUT2D eigenvalue weighted by molar-refractivity contribution is 6.30. The number of fused-ring (bicyclic) bond motifs is 1. The van der Waals surface area contributed by atoms with Gasteiger partial charge < -0.3 is 14.4 Å². The molecule has 1 fully saturated rings. The predicted molar refractivity (Wildman–Crippen MR) is 92.8 cm³/mol. The Balaban J connectivity index is 1.86. The molecule has 0 amide bonds. The summed E-state index contributed by atoms with van der Waals surface area (Å²) in [6.07, 6.45) is 3.45. The van der Waals surface area contributed by atoms with Gasteiger partial charge in [0.15, 0.2) is 12.0 Å². The Hall–Kier alpha value is -2.15. The molecule has 124 valence electrons. The van der Waals surface area contributed by atoms with Crippen LogP contribution in [0.15, 0.2) is 42.7 Å². The van der Waals surface area contributed by atoms with Crippen LogP contribution in [0.1, 0.15) is 0 Å². The summed E-state index contributed by atoms with van der Waals surface area (Å²) in [4.78, 5) is 6.39. The van der Waals surface area contributed by atoms with Gasteiger partial charge in [-0.3, -0.25) is 4.98 Å². The van der Waals surface area contributed by atoms with Gasteiger partial charge in [-0.1, -0.05) is 11.6 Å². The Morgan fingerprint density at radius 3 is 2.88 bits per heavy atom. The Bertz CT molecular complexity index is 849. The highest BCUT2D eigenvalue weighted by Gasteiger charge is 2.27. The zero-order chi connectivity index (χ0) is 16.5. The number of rotatable bonds is 3. The fraction of sp³-hybridized carbons (Fsp3) is 0.294. The summed E-state index contributed by atoms with van der Waals surface area (Å²) in [6, 6.07) is 9.57. The van der Waals surface area contributed by atoms with E-state index < -0.39 is 0 Å². The lowest BCUT2D eigenvalue weighted by atomic mass is 10.2. The van der Waals surface area contributed by atoms with Crippen LogP contribution in [-0.4, -0.2) is 47.9 Å². The number of aromatic nitrogens is 3. The summed E-state index contributed by atoms with van der Waals surface area (Å²) in [7, 11) is 1.69. The van der Waals surface area contributed by atoms with Crippen LogP contribution in [0.2, 0.25) is 5.02 Å². The molecule has 3 heterocycles. The molecule has 7 heteroatoms. The Labute approximate surface area is 144 Å². The molecule has 24 heavy (non-hydrogen) atoms. The van der Waals surface area contributed by atoms with E-state index in [1.807, 2.05) is 41.2 Å². The zero-order valence-electron chi connectivity index (χ0n) is 13.2. The normalized spacial score (nSPS) is 18.2. The van der Waals surface area contributed by atoms with Crippen molar-refractivity contribution in [3.63, 3.8) is 0 Å². The van der Waals surface area contributed by atoms with Crippen molar-refractivity contribution in [1.29, 1.82) is 0 Å². The van der Waals surface area contributed by atoms with E-state index in [1.54, 1.807) is 13.3 Å². The Kier molecular flexibility index (Phi) is 4.10. The summed E-state index contributed by atoms with van der Waals surface area (Å²) in [5.74, 6) is 0.873. The maximum Gasteiger partial charge on any atom is 0.161 e. The highest BCUT2D eigenvalue weighted by atomic mass is 35.5. The topological polar surface area (TPSA) is 52.4 Å². The summed E-state index contributed by atoms with van der Waals surface area (Å²) < 4.78 is 13.0. The fourth-order valence-electron chi connectivity index (χ4n) is 2.96. The molecule has 1 saturated heterocycles. The third-order valence-electron chi connectivity index (χ3n) is 4.16. The number of hydrogen-bond acceptors (Lipinski definition) is 5. The molecule has 1 aliphatic heterocycles. The van der Waals surface area contributed by atoms with Crippen molar-refractivity contribution in [2.75, 3.05) is 31.8 Å². The lowest BCUT2D eigenvalue weighted by molar-refractivity contribution is -0.0190. The van der Waals surface area contributed by atoms with Gasteiger partial charge >= 0.3 is 0 Å². The smallest absolute Gasteiger partial charge is 0.161 e. The number of anilines is 1. The number of methoxy groups -OCH3 is 1. The summed E-state index contributed by atoms with van der Waals surface area (Å²) in [5.41, 5.74) is 1.88. The minimum atomic E-state index is -0.149. The van der Waals surface area contributed by atoms with Gasteiger partial charge in [-0.15, -0.1) is 5.10 Å². The quantitative estimate of drug-likeness (QED) is 0.731. The number of benzene rings is 1. The van der Waals surface area contributed by atoms with E-state index in [0.717, 1.165) is 29.0 Å². The van der Waals surface area contributed by atoms with Crippen LogP contribution in [0, 0.1) is 0 Å². The molecule has 0 bridgehead atoms. The molecule has 0 saturated carbocycles. The standard InChI is InChI=1S/C17H17ClN4O2/c1-23-16-11-24-9-8-21(16)17-14-6-7-19-10-15(14)22(20-17)13-4-2-12(18)3-5-13/h2-7,10,16H,8-9,11H2,1H3/t16-/m1/s1. The van der Waals surface area contributed by atoms with E-state index >= 15 is 0 Å². The third-order valence-corrected chi connectivity index (χ3v) is 4.42. The number of nitrogens with zero attached hydrogens (tertiary/aromatic N) is 4. The van der Waals surface area contributed by atoms with E-state index in [4.69, 9.17) is 26.2 Å². The van der Waals surface area contributed by atoms with Crippen molar-refractivity contribution in [1.82, 2.24) is 14.8 Å². The van der Waals surface area contributed by atoms with Crippen LogP contribution in [-0.2, 0) is 9.47 Å². The second-order valence-electron chi connectivity index (χ2n) is 5.56. The Morgan fingerprint density at radius 2 is 2.08 bits per heavy atom. The van der Waals surface area contributed by atoms with Gasteiger partial charge in [0.2, 0.25) is 0 Å². The molecule has 1 atom stereocenters. The lowest BCUT2D eigenvalue weighted by Crippen LogP contribution is -2.47. The van der Waals surface area contributed by atoms with Crippen LogP contribution in [0.5, 0.6) is 0 Å². The molecule has 2 aromatic heterocycles. The summed E-state index contributed by atoms with van der Waals surface area (Å²) >= 11 is 6.00. The molecule has 1 aliphatic rings. The highest BCUT2D eigenvalue weighted by Crippen LogP contribution is 2.30. The van der Waals surface area contributed by atoms with Crippen LogP contribution in [0.4, 0.5) is 5.82 Å². The molecule has 6 nitrogen and oxygen atoms in total. The predicted octanol–water partition coefficient (Wildman–Crippen LogP) is 2.88. The van der Waals surface area contributed by atoms with Crippen molar-refractivity contribution in [2.24, 2.45) is 0 Å². The molecule has 0 radical (unpaired) electrons. The first-order valence-electron chi connectivity index (χ1n) is 7.74. The third kappa shape index (κ3) is 2.62. The van der Waals surface area contributed by atoms with Gasteiger partial charge in [0.05, 0.1) is 30.6 Å². The van der Waals surface area contributed by atoms with Crippen molar-refractivity contribution in [3.05, 3.63) is 47.7 Å². The molecule has 4 rings (SSSR count). The van der Waals surface area contributed by atoms with Crippen molar-refractivity contribution < 1.29 is 9.47 Å². The fourth-order valence-corrected chi connectivity index (χ4v) is 3.08. The van der Waals surface area contributed by atoms with E-state index in [2.05, 4.69) is 9.88 Å². The molecule has 0 N–H and O–H groups in total. The van der Waals surface area contributed by atoms with Gasteiger partial charge in [0.25, 0.3) is 0 Å². The molecule has 0 unspecified atom stereocenters. The zero-order valence-corrected chi connectivity index (χ0v) is 14.0. The second kappa shape index (κ2) is 6.39. The first-order chi connectivity index (χ1) is 11.8. The first kappa shape index (κ1) is 15.4. The number of pyridine rings is 1. The SMILES string of the molecule is CO[C@@H]1COCCN1c1nn(-c2ccc(Cl)cc2)c2cnccc12. The van der Waals surface area contributed by atoms with E-state index in [1.165, 1.54) is 0 Å². The van der Waals surface area contributed by atoms with Crippen molar-refractivity contribution in [3.8, 4) is 5.69 Å². The second-order valence-corrected chi connectivity index (χ2v) is 6.00. The van der Waals surface area contributed by atoms with E-state index in [-0.39, 0.29) is 6.23 Å².